The molecule has 78 valence electrons. The maximum atomic E-state index is 9.44. The molecule has 14 heavy (non-hydrogen) atoms. The normalized spacial score (nSPS) is 12.4. The smallest absolute Gasteiger partial charge is 0.147 e. The zero-order chi connectivity index (χ0) is 10.4. The molecule has 1 unspecified atom stereocenters. The van der Waals surface area contributed by atoms with E-state index in [0.717, 1.165) is 12.8 Å². The summed E-state index contributed by atoms with van der Waals surface area (Å²) in [4.78, 5) is 7.87. The number of nitrogens with one attached hydrogen (secondary N) is 1. The van der Waals surface area contributed by atoms with Crippen LogP contribution < -0.4 is 11.1 Å². The van der Waals surface area contributed by atoms with Crippen LogP contribution in [-0.4, -0.2) is 27.7 Å². The van der Waals surface area contributed by atoms with Crippen molar-refractivity contribution in [1.29, 1.82) is 0 Å². The Balaban J connectivity index is 2.37. The van der Waals surface area contributed by atoms with Crippen LogP contribution in [0.15, 0.2) is 12.4 Å². The second kappa shape index (κ2) is 5.39. The standard InChI is InChI=1S/C9H16N4O/c1-2-3-7(14)4-12-9-6-11-5-8(10)13-9/h5-7,14H,2-4H2,1H3,(H3,10,12,13). The summed E-state index contributed by atoms with van der Waals surface area (Å²) < 4.78 is 0. The van der Waals surface area contributed by atoms with E-state index < -0.39 is 0 Å². The molecule has 5 nitrogen and oxygen atoms in total. The van der Waals surface area contributed by atoms with Gasteiger partial charge >= 0.3 is 0 Å². The fourth-order valence-corrected chi connectivity index (χ4v) is 1.12. The minimum absolute atomic E-state index is 0.344. The van der Waals surface area contributed by atoms with Crippen LogP contribution in [0.4, 0.5) is 11.6 Å². The first-order chi connectivity index (χ1) is 6.72. The molecular formula is C9H16N4O. The summed E-state index contributed by atoms with van der Waals surface area (Å²) in [6, 6.07) is 0. The zero-order valence-electron chi connectivity index (χ0n) is 8.27. The average Bonchev–Trinajstić information content (AvgIpc) is 2.15. The van der Waals surface area contributed by atoms with Gasteiger partial charge in [0.2, 0.25) is 0 Å². The topological polar surface area (TPSA) is 84.1 Å². The predicted octanol–water partition coefficient (Wildman–Crippen LogP) is 0.632. The van der Waals surface area contributed by atoms with Crippen molar-refractivity contribution in [3.8, 4) is 0 Å². The molecule has 1 rings (SSSR count). The summed E-state index contributed by atoms with van der Waals surface area (Å²) >= 11 is 0. The minimum atomic E-state index is -0.344. The van der Waals surface area contributed by atoms with Crippen molar-refractivity contribution in [3.63, 3.8) is 0 Å². The van der Waals surface area contributed by atoms with Crippen molar-refractivity contribution >= 4 is 11.6 Å². The largest absolute Gasteiger partial charge is 0.391 e. The van der Waals surface area contributed by atoms with Gasteiger partial charge < -0.3 is 16.2 Å². The number of hydrogen-bond acceptors (Lipinski definition) is 5. The zero-order valence-corrected chi connectivity index (χ0v) is 8.27. The Morgan fingerprint density at radius 2 is 2.36 bits per heavy atom. The number of nitrogens with two attached hydrogens (primary N) is 1. The summed E-state index contributed by atoms with van der Waals surface area (Å²) in [6.07, 6.45) is 4.46. The van der Waals surface area contributed by atoms with Gasteiger partial charge in [-0.2, -0.15) is 0 Å². The highest BCUT2D eigenvalue weighted by Crippen LogP contribution is 2.04. The fraction of sp³-hybridized carbons (Fsp3) is 0.556. The highest BCUT2D eigenvalue weighted by atomic mass is 16.3. The fourth-order valence-electron chi connectivity index (χ4n) is 1.12. The Bertz CT molecular complexity index is 279. The van der Waals surface area contributed by atoms with Crippen LogP contribution in [0.2, 0.25) is 0 Å². The van der Waals surface area contributed by atoms with E-state index >= 15 is 0 Å². The van der Waals surface area contributed by atoms with Crippen LogP contribution in [-0.2, 0) is 0 Å². The molecule has 0 aliphatic heterocycles. The number of hydrogen-bond donors (Lipinski definition) is 3. The van der Waals surface area contributed by atoms with Crippen LogP contribution >= 0.6 is 0 Å². The van der Waals surface area contributed by atoms with E-state index in [9.17, 15) is 5.11 Å². The molecule has 0 saturated carbocycles. The lowest BCUT2D eigenvalue weighted by molar-refractivity contribution is 0.176. The molecule has 0 saturated heterocycles. The second-order valence-corrected chi connectivity index (χ2v) is 3.15. The first-order valence-electron chi connectivity index (χ1n) is 4.71. The molecule has 5 heteroatoms. The molecule has 0 aliphatic rings. The molecule has 0 aliphatic carbocycles. The van der Waals surface area contributed by atoms with E-state index in [1.807, 2.05) is 6.92 Å². The Morgan fingerprint density at radius 3 is 3.00 bits per heavy atom. The molecular weight excluding hydrogens is 180 g/mol. The maximum Gasteiger partial charge on any atom is 0.147 e. The lowest BCUT2D eigenvalue weighted by Crippen LogP contribution is -2.19. The van der Waals surface area contributed by atoms with Crippen molar-refractivity contribution < 1.29 is 5.11 Å². The summed E-state index contributed by atoms with van der Waals surface area (Å²) in [5.41, 5.74) is 5.45. The molecule has 4 N–H and O–H groups in total. The van der Waals surface area contributed by atoms with Crippen molar-refractivity contribution in [1.82, 2.24) is 9.97 Å². The number of aliphatic hydroxyl groups is 1. The van der Waals surface area contributed by atoms with Gasteiger partial charge in [0.1, 0.15) is 11.6 Å². The van der Waals surface area contributed by atoms with Crippen LogP contribution in [0.3, 0.4) is 0 Å². The van der Waals surface area contributed by atoms with Crippen molar-refractivity contribution in [3.05, 3.63) is 12.4 Å². The van der Waals surface area contributed by atoms with Crippen molar-refractivity contribution in [2.45, 2.75) is 25.9 Å². The number of aliphatic hydroxyl groups excluding tert-OH is 1. The molecule has 0 aromatic carbocycles. The van der Waals surface area contributed by atoms with E-state index in [-0.39, 0.29) is 6.10 Å². The van der Waals surface area contributed by atoms with Gasteiger partial charge in [-0.15, -0.1) is 0 Å². The third kappa shape index (κ3) is 3.57. The van der Waals surface area contributed by atoms with Gasteiger partial charge in [-0.05, 0) is 6.42 Å². The van der Waals surface area contributed by atoms with Gasteiger partial charge in [-0.1, -0.05) is 13.3 Å². The van der Waals surface area contributed by atoms with Gasteiger partial charge in [0.25, 0.3) is 0 Å². The minimum Gasteiger partial charge on any atom is -0.391 e. The van der Waals surface area contributed by atoms with Gasteiger partial charge in [0.05, 0.1) is 18.5 Å². The summed E-state index contributed by atoms with van der Waals surface area (Å²) in [7, 11) is 0. The third-order valence-corrected chi connectivity index (χ3v) is 1.79. The molecule has 0 amide bonds. The molecule has 1 aromatic heterocycles. The quantitative estimate of drug-likeness (QED) is 0.643. The second-order valence-electron chi connectivity index (χ2n) is 3.15. The van der Waals surface area contributed by atoms with Crippen LogP contribution in [0.25, 0.3) is 0 Å². The van der Waals surface area contributed by atoms with Crippen molar-refractivity contribution in [2.24, 2.45) is 0 Å². The molecule has 0 fully saturated rings. The molecule has 1 heterocycles. The van der Waals surface area contributed by atoms with E-state index in [4.69, 9.17) is 5.73 Å². The lowest BCUT2D eigenvalue weighted by Gasteiger charge is -2.10. The number of nitrogen functional groups attached to an aromatic ring is 1. The third-order valence-electron chi connectivity index (χ3n) is 1.79. The summed E-state index contributed by atoms with van der Waals surface area (Å²) in [5, 5.41) is 12.4. The molecule has 0 spiro atoms. The highest BCUT2D eigenvalue weighted by Gasteiger charge is 2.02. The maximum absolute atomic E-state index is 9.44. The van der Waals surface area contributed by atoms with Gasteiger partial charge in [0, 0.05) is 6.54 Å². The van der Waals surface area contributed by atoms with Gasteiger partial charge in [-0.3, -0.25) is 4.98 Å². The Labute approximate surface area is 83.4 Å². The molecule has 1 aromatic rings. The van der Waals surface area contributed by atoms with Gasteiger partial charge in [0.15, 0.2) is 0 Å². The van der Waals surface area contributed by atoms with Gasteiger partial charge in [-0.25, -0.2) is 4.98 Å². The summed E-state index contributed by atoms with van der Waals surface area (Å²) in [5.74, 6) is 0.972. The SMILES string of the molecule is CCCC(O)CNc1cncc(N)n1. The van der Waals surface area contributed by atoms with E-state index in [1.165, 1.54) is 6.20 Å². The first kappa shape index (κ1) is 10.7. The van der Waals surface area contributed by atoms with Crippen molar-refractivity contribution in [2.75, 3.05) is 17.6 Å². The summed E-state index contributed by atoms with van der Waals surface area (Å²) in [6.45, 7) is 2.51. The number of nitrogens with zero attached hydrogens (tertiary/aromatic N) is 2. The molecule has 0 radical (unpaired) electrons. The molecule has 0 bridgehead atoms. The Hall–Kier alpha value is -1.36. The number of rotatable bonds is 5. The Morgan fingerprint density at radius 1 is 1.57 bits per heavy atom. The van der Waals surface area contributed by atoms with Crippen LogP contribution in [0.1, 0.15) is 19.8 Å². The number of anilines is 2. The lowest BCUT2D eigenvalue weighted by atomic mass is 10.2. The average molecular weight is 196 g/mol. The van der Waals surface area contributed by atoms with Crippen LogP contribution in [0, 0.1) is 0 Å². The molecule has 1 atom stereocenters. The van der Waals surface area contributed by atoms with E-state index in [2.05, 4.69) is 15.3 Å². The van der Waals surface area contributed by atoms with E-state index in [1.54, 1.807) is 6.20 Å². The first-order valence-corrected chi connectivity index (χ1v) is 4.71. The van der Waals surface area contributed by atoms with E-state index in [0.29, 0.717) is 18.2 Å². The van der Waals surface area contributed by atoms with Crippen LogP contribution in [0.5, 0.6) is 0 Å². The number of aromatic nitrogens is 2. The Kier molecular flexibility index (Phi) is 4.12. The predicted molar refractivity (Wildman–Crippen MR) is 55.8 cm³/mol. The highest BCUT2D eigenvalue weighted by molar-refractivity contribution is 5.38. The monoisotopic (exact) mass is 196 g/mol.